The topological polar surface area (TPSA) is 50.4 Å². The molecule has 0 saturated heterocycles. The monoisotopic (exact) mass is 528 g/mol. The molecule has 0 unspecified atom stereocenters. The Labute approximate surface area is 208 Å². The van der Waals surface area contributed by atoms with Gasteiger partial charge in [-0.15, -0.1) is 13.2 Å². The lowest BCUT2D eigenvalue weighted by atomic mass is 9.95. The number of ether oxygens (including phenoxy) is 1. The minimum absolute atomic E-state index is 0.156. The van der Waals surface area contributed by atoms with Crippen LogP contribution in [0.5, 0.6) is 5.75 Å². The molecular formula is C26H23F7N2O2. The second-order valence-electron chi connectivity index (χ2n) is 8.15. The molecule has 2 atom stereocenters. The zero-order valence-corrected chi connectivity index (χ0v) is 19.5. The van der Waals surface area contributed by atoms with Gasteiger partial charge >= 0.3 is 12.5 Å². The van der Waals surface area contributed by atoms with E-state index < -0.39 is 47.7 Å². The minimum atomic E-state index is -5.13. The van der Waals surface area contributed by atoms with Gasteiger partial charge in [-0.1, -0.05) is 48.5 Å². The van der Waals surface area contributed by atoms with Crippen LogP contribution in [0.15, 0.2) is 72.8 Å². The number of hydrogen-bond acceptors (Lipinski definition) is 3. The molecule has 0 bridgehead atoms. The van der Waals surface area contributed by atoms with Crippen molar-refractivity contribution in [1.29, 1.82) is 0 Å². The number of halogens is 7. The molecule has 0 spiro atoms. The first kappa shape index (κ1) is 28.0. The van der Waals surface area contributed by atoms with Gasteiger partial charge in [0.1, 0.15) is 6.04 Å². The van der Waals surface area contributed by atoms with Crippen molar-refractivity contribution in [2.45, 2.75) is 37.5 Å². The van der Waals surface area contributed by atoms with E-state index in [1.54, 1.807) is 30.3 Å². The average Bonchev–Trinajstić information content (AvgIpc) is 2.84. The Hall–Kier alpha value is -3.60. The van der Waals surface area contributed by atoms with Gasteiger partial charge in [-0.2, -0.15) is 13.2 Å². The molecule has 37 heavy (non-hydrogen) atoms. The smallest absolute Gasteiger partial charge is 0.403 e. The number of carbonyl (C=O) groups excluding carboxylic acids is 1. The van der Waals surface area contributed by atoms with E-state index >= 15 is 0 Å². The molecule has 4 nitrogen and oxygen atoms in total. The van der Waals surface area contributed by atoms with Crippen LogP contribution in [0.2, 0.25) is 0 Å². The van der Waals surface area contributed by atoms with Crippen LogP contribution >= 0.6 is 0 Å². The Morgan fingerprint density at radius 1 is 0.892 bits per heavy atom. The zero-order valence-electron chi connectivity index (χ0n) is 19.5. The third kappa shape index (κ3) is 7.94. The standard InChI is InChI=1S/C26H23F7N2O2/c1-34-24(36)23(17-5-3-2-4-6-17)35-21(14-9-16-7-11-19(12-8-16)25(28,29)30)18-10-13-20(27)22(15-18)37-26(31,32)33/h2-8,10-13,15,21,23,35H,9,14H2,1H3,(H,34,36)/t21-,23-/m1/s1. The van der Waals surface area contributed by atoms with Gasteiger partial charge < -0.3 is 10.1 Å². The maximum absolute atomic E-state index is 14.1. The van der Waals surface area contributed by atoms with E-state index in [1.807, 2.05) is 0 Å². The highest BCUT2D eigenvalue weighted by molar-refractivity contribution is 5.83. The summed E-state index contributed by atoms with van der Waals surface area (Å²) in [5, 5.41) is 5.63. The fourth-order valence-electron chi connectivity index (χ4n) is 3.77. The molecule has 0 fully saturated rings. The van der Waals surface area contributed by atoms with Gasteiger partial charge in [0.2, 0.25) is 5.91 Å². The molecule has 0 aliphatic heterocycles. The summed E-state index contributed by atoms with van der Waals surface area (Å²) in [7, 11) is 1.42. The third-order valence-electron chi connectivity index (χ3n) is 5.60. The number of amides is 1. The molecule has 0 aromatic heterocycles. The maximum Gasteiger partial charge on any atom is 0.573 e. The number of rotatable bonds is 9. The van der Waals surface area contributed by atoms with Crippen LogP contribution in [0.25, 0.3) is 0 Å². The average molecular weight is 528 g/mol. The molecule has 3 rings (SSSR count). The Bertz CT molecular complexity index is 1180. The van der Waals surface area contributed by atoms with Gasteiger partial charge in [0, 0.05) is 13.1 Å². The van der Waals surface area contributed by atoms with Gasteiger partial charge in [0.25, 0.3) is 0 Å². The molecule has 11 heteroatoms. The van der Waals surface area contributed by atoms with Gasteiger partial charge in [-0.25, -0.2) is 4.39 Å². The Kier molecular flexibility index (Phi) is 8.80. The predicted molar refractivity (Wildman–Crippen MR) is 122 cm³/mol. The molecule has 1 amide bonds. The predicted octanol–water partition coefficient (Wildman–Crippen LogP) is 6.49. The summed E-state index contributed by atoms with van der Waals surface area (Å²) in [6.45, 7) is 0. The van der Waals surface area contributed by atoms with E-state index in [0.29, 0.717) is 11.1 Å². The van der Waals surface area contributed by atoms with Crippen molar-refractivity contribution in [3.63, 3.8) is 0 Å². The fraction of sp³-hybridized carbons (Fsp3) is 0.269. The summed E-state index contributed by atoms with van der Waals surface area (Å²) in [6.07, 6.45) is -9.26. The van der Waals surface area contributed by atoms with Crippen LogP contribution in [0.4, 0.5) is 30.7 Å². The molecule has 2 N–H and O–H groups in total. The highest BCUT2D eigenvalue weighted by Crippen LogP contribution is 2.32. The molecule has 0 saturated carbocycles. The van der Waals surface area contributed by atoms with Crippen LogP contribution in [-0.4, -0.2) is 19.3 Å². The molecule has 0 heterocycles. The van der Waals surface area contributed by atoms with Crippen molar-refractivity contribution in [1.82, 2.24) is 10.6 Å². The van der Waals surface area contributed by atoms with Crippen molar-refractivity contribution in [3.05, 3.63) is 101 Å². The first-order valence-electron chi connectivity index (χ1n) is 11.1. The lowest BCUT2D eigenvalue weighted by Crippen LogP contribution is -2.38. The normalized spacial score (nSPS) is 13.6. The third-order valence-corrected chi connectivity index (χ3v) is 5.60. The zero-order chi connectivity index (χ0) is 27.2. The van der Waals surface area contributed by atoms with Crippen LogP contribution in [-0.2, 0) is 17.4 Å². The van der Waals surface area contributed by atoms with E-state index in [-0.39, 0.29) is 18.4 Å². The Morgan fingerprint density at radius 2 is 1.54 bits per heavy atom. The number of alkyl halides is 6. The number of benzene rings is 3. The van der Waals surface area contributed by atoms with Gasteiger partial charge in [0.05, 0.1) is 5.56 Å². The van der Waals surface area contributed by atoms with E-state index in [4.69, 9.17) is 0 Å². The first-order chi connectivity index (χ1) is 17.4. The van der Waals surface area contributed by atoms with Gasteiger partial charge in [-0.05, 0) is 53.8 Å². The van der Waals surface area contributed by atoms with Crippen molar-refractivity contribution in [2.24, 2.45) is 0 Å². The van der Waals surface area contributed by atoms with Crippen molar-refractivity contribution < 1.29 is 40.3 Å². The van der Waals surface area contributed by atoms with Crippen molar-refractivity contribution in [2.75, 3.05) is 7.05 Å². The Balaban J connectivity index is 1.94. The van der Waals surface area contributed by atoms with E-state index in [2.05, 4.69) is 15.4 Å². The molecule has 0 aliphatic rings. The van der Waals surface area contributed by atoms with Crippen LogP contribution in [0.1, 0.15) is 40.8 Å². The SMILES string of the molecule is CNC(=O)[C@H](N[C@H](CCc1ccc(C(F)(F)F)cc1)c1ccc(F)c(OC(F)(F)F)c1)c1ccccc1. The first-order valence-corrected chi connectivity index (χ1v) is 11.1. The number of hydrogen-bond donors (Lipinski definition) is 2. The fourth-order valence-corrected chi connectivity index (χ4v) is 3.77. The molecule has 0 radical (unpaired) electrons. The number of likely N-dealkylation sites (N-methyl/N-ethyl adjacent to an activating group) is 1. The van der Waals surface area contributed by atoms with E-state index in [1.165, 1.54) is 25.2 Å². The van der Waals surface area contributed by atoms with Gasteiger partial charge in [0.15, 0.2) is 11.6 Å². The summed E-state index contributed by atoms with van der Waals surface area (Å²) in [5.41, 5.74) is 0.472. The molecular weight excluding hydrogens is 505 g/mol. The largest absolute Gasteiger partial charge is 0.573 e. The second-order valence-corrected chi connectivity index (χ2v) is 8.15. The summed E-state index contributed by atoms with van der Waals surface area (Å²) in [5.74, 6) is -2.70. The number of nitrogens with one attached hydrogen (secondary N) is 2. The summed E-state index contributed by atoms with van der Waals surface area (Å²) in [4.78, 5) is 12.7. The minimum Gasteiger partial charge on any atom is -0.403 e. The Morgan fingerprint density at radius 3 is 2.11 bits per heavy atom. The van der Waals surface area contributed by atoms with Gasteiger partial charge in [-0.3, -0.25) is 10.1 Å². The number of carbonyl (C=O) groups is 1. The quantitative estimate of drug-likeness (QED) is 0.312. The molecule has 3 aromatic carbocycles. The number of aryl methyl sites for hydroxylation is 1. The van der Waals surface area contributed by atoms with E-state index in [0.717, 1.165) is 24.3 Å². The summed E-state index contributed by atoms with van der Waals surface area (Å²) in [6, 6.07) is 14.2. The molecule has 198 valence electrons. The van der Waals surface area contributed by atoms with Crippen LogP contribution in [0.3, 0.4) is 0 Å². The lowest BCUT2D eigenvalue weighted by molar-refractivity contribution is -0.275. The van der Waals surface area contributed by atoms with Crippen molar-refractivity contribution >= 4 is 5.91 Å². The highest BCUT2D eigenvalue weighted by Gasteiger charge is 2.33. The summed E-state index contributed by atoms with van der Waals surface area (Å²) >= 11 is 0. The molecule has 3 aromatic rings. The van der Waals surface area contributed by atoms with E-state index in [9.17, 15) is 35.5 Å². The summed E-state index contributed by atoms with van der Waals surface area (Å²) < 4.78 is 94.9. The maximum atomic E-state index is 14.1. The van der Waals surface area contributed by atoms with Crippen LogP contribution in [0, 0.1) is 5.82 Å². The second kappa shape index (κ2) is 11.6. The van der Waals surface area contributed by atoms with Crippen molar-refractivity contribution in [3.8, 4) is 5.75 Å². The lowest BCUT2D eigenvalue weighted by Gasteiger charge is -2.26. The molecule has 0 aliphatic carbocycles. The van der Waals surface area contributed by atoms with Crippen LogP contribution < -0.4 is 15.4 Å². The highest BCUT2D eigenvalue weighted by atomic mass is 19.4.